The molecule has 3 rings (SSSR count). The topological polar surface area (TPSA) is 66.2 Å². The van der Waals surface area contributed by atoms with Gasteiger partial charge in [0.15, 0.2) is 11.6 Å². The summed E-state index contributed by atoms with van der Waals surface area (Å²) in [5, 5.41) is 18.5. The molecule has 0 radical (unpaired) electrons. The maximum Gasteiger partial charge on any atom is 0.449 e. The minimum Gasteiger partial charge on any atom is -0.310 e. The van der Waals surface area contributed by atoms with Crippen LogP contribution in [0.3, 0.4) is 0 Å². The van der Waals surface area contributed by atoms with Gasteiger partial charge in [0.25, 0.3) is 0 Å². The highest BCUT2D eigenvalue weighted by Crippen LogP contribution is 2.21. The lowest BCUT2D eigenvalue weighted by molar-refractivity contribution is -0.0677. The summed E-state index contributed by atoms with van der Waals surface area (Å²) >= 11 is 0. The first kappa shape index (κ1) is 29.3. The number of benzene rings is 2. The molecule has 0 aliphatic carbocycles. The Bertz CT molecular complexity index is 1010. The largest absolute Gasteiger partial charge is 0.449 e. The fourth-order valence-corrected chi connectivity index (χ4v) is 3.80. The summed E-state index contributed by atoms with van der Waals surface area (Å²) in [4.78, 5) is 2.42. The molecule has 1 aliphatic heterocycles. The Morgan fingerprint density at radius 3 is 2.25 bits per heavy atom. The smallest absolute Gasteiger partial charge is 0.310 e. The molecule has 11 heteroatoms. The number of hydrogen-bond donors (Lipinski definition) is 3. The molecular weight excluding hydrogens is 484 g/mol. The van der Waals surface area contributed by atoms with Crippen LogP contribution in [-0.4, -0.2) is 59.9 Å². The summed E-state index contributed by atoms with van der Waals surface area (Å²) in [6, 6.07) is 10.4. The highest BCUT2D eigenvalue weighted by molar-refractivity contribution is 6.01. The van der Waals surface area contributed by atoms with Crippen molar-refractivity contribution in [3.8, 4) is 0 Å². The summed E-state index contributed by atoms with van der Waals surface area (Å²) in [6.45, 7) is 4.84. The molecule has 1 unspecified atom stereocenters. The Morgan fingerprint density at radius 2 is 1.64 bits per heavy atom. The zero-order chi connectivity index (χ0) is 26.9. The Kier molecular flexibility index (Phi) is 10.9. The molecule has 0 aromatic heterocycles. The van der Waals surface area contributed by atoms with E-state index in [4.69, 9.17) is 10.8 Å². The molecule has 3 N–H and O–H groups in total. The van der Waals surface area contributed by atoms with Crippen LogP contribution in [0.1, 0.15) is 31.4 Å². The van der Waals surface area contributed by atoms with Crippen LogP contribution >= 0.6 is 0 Å². The zero-order valence-electron chi connectivity index (χ0n) is 20.2. The van der Waals surface area contributed by atoms with Crippen molar-refractivity contribution in [2.75, 3.05) is 26.2 Å². The van der Waals surface area contributed by atoms with E-state index < -0.39 is 29.5 Å². The molecule has 1 atom stereocenters. The van der Waals surface area contributed by atoms with Gasteiger partial charge in [0.1, 0.15) is 11.7 Å². The quantitative estimate of drug-likeness (QED) is 0.192. The number of amidine groups is 2. The molecule has 0 saturated carbocycles. The number of rotatable bonds is 8. The molecule has 1 heterocycles. The van der Waals surface area contributed by atoms with E-state index in [1.165, 1.54) is 0 Å². The summed E-state index contributed by atoms with van der Waals surface area (Å²) in [7, 11) is 0. The van der Waals surface area contributed by atoms with Crippen molar-refractivity contribution in [2.45, 2.75) is 45.5 Å². The average molecular weight is 516 g/mol. The van der Waals surface area contributed by atoms with Gasteiger partial charge in [0, 0.05) is 38.3 Å². The molecule has 1 aliphatic rings. The molecule has 1 fully saturated rings. The van der Waals surface area contributed by atoms with Crippen LogP contribution in [0.4, 0.5) is 26.3 Å². The SMILES string of the molecule is CC.N=C1CN(CCC(Cc2cc(F)c(F)cc2F)NCc2ccccc2)CCN1C(=N)C(F)(F)F. The molecule has 2 aromatic rings. The van der Waals surface area contributed by atoms with Gasteiger partial charge in [-0.15, -0.1) is 0 Å². The average Bonchev–Trinajstić information content (AvgIpc) is 2.85. The fourth-order valence-electron chi connectivity index (χ4n) is 3.80. The van der Waals surface area contributed by atoms with Gasteiger partial charge in [0.2, 0.25) is 5.84 Å². The van der Waals surface area contributed by atoms with E-state index >= 15 is 0 Å². The van der Waals surface area contributed by atoms with Crippen molar-refractivity contribution in [1.82, 2.24) is 15.1 Å². The second-order valence-electron chi connectivity index (χ2n) is 8.13. The Hall–Kier alpha value is -2.92. The highest BCUT2D eigenvalue weighted by atomic mass is 19.4. The van der Waals surface area contributed by atoms with Crippen molar-refractivity contribution in [1.29, 1.82) is 10.8 Å². The van der Waals surface area contributed by atoms with E-state index in [1.54, 1.807) is 4.90 Å². The zero-order valence-corrected chi connectivity index (χ0v) is 20.2. The van der Waals surface area contributed by atoms with Gasteiger partial charge in [-0.25, -0.2) is 13.2 Å². The molecule has 5 nitrogen and oxygen atoms in total. The Labute approximate surface area is 207 Å². The molecule has 0 spiro atoms. The molecule has 0 bridgehead atoms. The van der Waals surface area contributed by atoms with Crippen LogP contribution in [-0.2, 0) is 13.0 Å². The van der Waals surface area contributed by atoms with Gasteiger partial charge in [-0.2, -0.15) is 13.2 Å². The standard InChI is InChI=1S/C23H25F6N5.C2H6/c24-18-12-20(26)19(25)11-16(18)10-17(32-13-15-4-2-1-3-5-15)6-7-33-8-9-34(21(30)14-33)22(31)23(27,28)29;1-2/h1-5,11-12,17,30-32H,6-10,13-14H2;1-2H3. The molecule has 1 saturated heterocycles. The molecule has 36 heavy (non-hydrogen) atoms. The monoisotopic (exact) mass is 515 g/mol. The summed E-state index contributed by atoms with van der Waals surface area (Å²) in [5.74, 6) is -5.15. The maximum absolute atomic E-state index is 14.2. The predicted molar refractivity (Wildman–Crippen MR) is 128 cm³/mol. The van der Waals surface area contributed by atoms with Gasteiger partial charge in [-0.1, -0.05) is 44.2 Å². The summed E-state index contributed by atoms with van der Waals surface area (Å²) in [5.41, 5.74) is 0.986. The maximum atomic E-state index is 14.2. The number of hydrogen-bond acceptors (Lipinski definition) is 4. The Morgan fingerprint density at radius 1 is 1.00 bits per heavy atom. The normalized spacial score (nSPS) is 15.3. The van der Waals surface area contributed by atoms with E-state index in [0.29, 0.717) is 30.5 Å². The highest BCUT2D eigenvalue weighted by Gasteiger charge is 2.41. The van der Waals surface area contributed by atoms with E-state index in [9.17, 15) is 26.3 Å². The van der Waals surface area contributed by atoms with Crippen LogP contribution in [0.2, 0.25) is 0 Å². The van der Waals surface area contributed by atoms with Crippen LogP contribution < -0.4 is 5.32 Å². The minimum absolute atomic E-state index is 0.0145. The number of piperazine rings is 1. The van der Waals surface area contributed by atoms with E-state index in [2.05, 4.69) is 5.32 Å². The number of nitrogens with one attached hydrogen (secondary N) is 3. The number of nitrogens with zero attached hydrogens (tertiary/aromatic N) is 2. The van der Waals surface area contributed by atoms with Crippen molar-refractivity contribution < 1.29 is 26.3 Å². The van der Waals surface area contributed by atoms with Crippen LogP contribution in [0.15, 0.2) is 42.5 Å². The minimum atomic E-state index is -4.82. The second kappa shape index (κ2) is 13.4. The van der Waals surface area contributed by atoms with E-state index in [1.807, 2.05) is 44.2 Å². The first-order valence-corrected chi connectivity index (χ1v) is 11.7. The van der Waals surface area contributed by atoms with Crippen LogP contribution in [0.25, 0.3) is 0 Å². The van der Waals surface area contributed by atoms with Gasteiger partial charge in [-0.3, -0.25) is 15.7 Å². The van der Waals surface area contributed by atoms with Gasteiger partial charge < -0.3 is 10.2 Å². The van der Waals surface area contributed by atoms with Crippen molar-refractivity contribution in [3.05, 3.63) is 71.0 Å². The first-order valence-electron chi connectivity index (χ1n) is 11.7. The number of alkyl halides is 3. The van der Waals surface area contributed by atoms with Crippen LogP contribution in [0, 0.1) is 28.3 Å². The second-order valence-corrected chi connectivity index (χ2v) is 8.13. The van der Waals surface area contributed by atoms with Crippen LogP contribution in [0.5, 0.6) is 0 Å². The third-order valence-electron chi connectivity index (χ3n) is 5.66. The lowest BCUT2D eigenvalue weighted by Gasteiger charge is -2.37. The number of halogens is 6. The van der Waals surface area contributed by atoms with E-state index in [0.717, 1.165) is 11.6 Å². The van der Waals surface area contributed by atoms with Crippen molar-refractivity contribution in [3.63, 3.8) is 0 Å². The van der Waals surface area contributed by atoms with Crippen molar-refractivity contribution in [2.24, 2.45) is 0 Å². The third-order valence-corrected chi connectivity index (χ3v) is 5.66. The van der Waals surface area contributed by atoms with Gasteiger partial charge in [0.05, 0.1) is 6.54 Å². The van der Waals surface area contributed by atoms with Gasteiger partial charge in [-0.05, 0) is 30.0 Å². The molecule has 0 amide bonds. The lowest BCUT2D eigenvalue weighted by Crippen LogP contribution is -2.55. The lowest BCUT2D eigenvalue weighted by atomic mass is 10.0. The predicted octanol–water partition coefficient (Wildman–Crippen LogP) is 5.36. The van der Waals surface area contributed by atoms with Crippen molar-refractivity contribution >= 4 is 11.7 Å². The fraction of sp³-hybridized carbons (Fsp3) is 0.440. The summed E-state index contributed by atoms with van der Waals surface area (Å²) in [6.07, 6.45) is -4.32. The summed E-state index contributed by atoms with van der Waals surface area (Å²) < 4.78 is 79.6. The third kappa shape index (κ3) is 8.34. The molecule has 198 valence electrons. The molecule has 2 aromatic carbocycles. The molecular formula is C25H31F6N5. The van der Waals surface area contributed by atoms with E-state index in [-0.39, 0.29) is 43.5 Å². The first-order chi connectivity index (χ1) is 17.0. The Balaban J connectivity index is 0.00000222. The van der Waals surface area contributed by atoms with Gasteiger partial charge >= 0.3 is 6.18 Å².